The van der Waals surface area contributed by atoms with E-state index in [1.807, 2.05) is 0 Å². The molecule has 1 saturated heterocycles. The van der Waals surface area contributed by atoms with Gasteiger partial charge in [0, 0.05) is 19.2 Å². The average molecular weight is 400 g/mol. The lowest BCUT2D eigenvalue weighted by atomic mass is 9.98. The van der Waals surface area contributed by atoms with Crippen molar-refractivity contribution in [1.82, 2.24) is 9.46 Å². The van der Waals surface area contributed by atoms with Gasteiger partial charge in [-0.2, -0.15) is 4.31 Å². The van der Waals surface area contributed by atoms with Crippen LogP contribution in [-0.2, 0) is 26.2 Å². The number of benzene rings is 1. The molecule has 0 atom stereocenters. The second-order valence-electron chi connectivity index (χ2n) is 6.30. The number of ether oxygens (including phenoxy) is 1. The third-order valence-electron chi connectivity index (χ3n) is 4.33. The Labute approximate surface area is 154 Å². The molecule has 1 aliphatic rings. The molecule has 146 valence electrons. The van der Waals surface area contributed by atoms with Gasteiger partial charge in [-0.3, -0.25) is 4.79 Å². The Bertz CT molecular complexity index is 937. The molecule has 3 rings (SSSR count). The first-order valence-corrected chi connectivity index (χ1v) is 9.75. The standard InChI is InChI=1S/C17H18F2N2O5S/c1-11-8-14(26-20-11)10-25-17(22)12-4-6-21(7-5-12)27(23,24)16-9-13(18)2-3-15(16)19/h2-3,8-9,12H,4-7,10H2,1H3. The average Bonchev–Trinajstić information content (AvgIpc) is 3.07. The Hall–Kier alpha value is -2.33. The van der Waals surface area contributed by atoms with E-state index in [0.717, 1.165) is 16.4 Å². The first-order chi connectivity index (χ1) is 12.8. The molecule has 7 nitrogen and oxygen atoms in total. The van der Waals surface area contributed by atoms with E-state index in [-0.39, 0.29) is 32.5 Å². The molecule has 10 heteroatoms. The van der Waals surface area contributed by atoms with Crippen LogP contribution in [0.25, 0.3) is 0 Å². The van der Waals surface area contributed by atoms with Crippen molar-refractivity contribution < 1.29 is 31.3 Å². The van der Waals surface area contributed by atoms with Crippen LogP contribution in [0.15, 0.2) is 33.7 Å². The summed E-state index contributed by atoms with van der Waals surface area (Å²) in [5.74, 6) is -2.37. The lowest BCUT2D eigenvalue weighted by Crippen LogP contribution is -2.40. The second-order valence-corrected chi connectivity index (χ2v) is 8.20. The lowest BCUT2D eigenvalue weighted by Gasteiger charge is -2.30. The molecule has 0 N–H and O–H groups in total. The maximum absolute atomic E-state index is 13.8. The number of piperidine rings is 1. The lowest BCUT2D eigenvalue weighted by molar-refractivity contribution is -0.151. The van der Waals surface area contributed by atoms with Gasteiger partial charge >= 0.3 is 5.97 Å². The van der Waals surface area contributed by atoms with E-state index in [0.29, 0.717) is 17.5 Å². The zero-order valence-corrected chi connectivity index (χ0v) is 15.3. The summed E-state index contributed by atoms with van der Waals surface area (Å²) in [6, 6.07) is 3.94. The number of hydrogen-bond donors (Lipinski definition) is 0. The molecule has 0 bridgehead atoms. The van der Waals surface area contributed by atoms with Gasteiger partial charge < -0.3 is 9.26 Å². The van der Waals surface area contributed by atoms with Crippen LogP contribution in [0.2, 0.25) is 0 Å². The minimum atomic E-state index is -4.17. The largest absolute Gasteiger partial charge is 0.457 e. The van der Waals surface area contributed by atoms with Crippen molar-refractivity contribution in [3.05, 3.63) is 47.4 Å². The number of carbonyl (C=O) groups is 1. The summed E-state index contributed by atoms with van der Waals surface area (Å²) < 4.78 is 63.4. The Morgan fingerprint density at radius 3 is 2.63 bits per heavy atom. The third-order valence-corrected chi connectivity index (χ3v) is 6.25. The summed E-state index contributed by atoms with van der Waals surface area (Å²) in [5, 5.41) is 3.69. The van der Waals surface area contributed by atoms with E-state index < -0.39 is 38.4 Å². The van der Waals surface area contributed by atoms with Crippen molar-refractivity contribution in [2.45, 2.75) is 31.3 Å². The third kappa shape index (κ3) is 4.33. The maximum atomic E-state index is 13.8. The van der Waals surface area contributed by atoms with Crippen molar-refractivity contribution in [2.75, 3.05) is 13.1 Å². The van der Waals surface area contributed by atoms with Crippen LogP contribution in [0.5, 0.6) is 0 Å². The summed E-state index contributed by atoms with van der Waals surface area (Å²) >= 11 is 0. The minimum Gasteiger partial charge on any atom is -0.457 e. The van der Waals surface area contributed by atoms with Crippen molar-refractivity contribution in [1.29, 1.82) is 0 Å². The number of aromatic nitrogens is 1. The van der Waals surface area contributed by atoms with Gasteiger partial charge in [-0.25, -0.2) is 17.2 Å². The maximum Gasteiger partial charge on any atom is 0.309 e. The summed E-state index contributed by atoms with van der Waals surface area (Å²) in [6.45, 7) is 1.72. The number of carbonyl (C=O) groups excluding carboxylic acids is 1. The van der Waals surface area contributed by atoms with E-state index in [2.05, 4.69) is 5.16 Å². The topological polar surface area (TPSA) is 89.7 Å². The van der Waals surface area contributed by atoms with Gasteiger partial charge in [-0.05, 0) is 38.0 Å². The van der Waals surface area contributed by atoms with Crippen LogP contribution in [0.3, 0.4) is 0 Å². The Balaban J connectivity index is 1.59. The van der Waals surface area contributed by atoms with Crippen molar-refractivity contribution in [3.63, 3.8) is 0 Å². The normalized spacial score (nSPS) is 16.4. The van der Waals surface area contributed by atoms with Gasteiger partial charge in [0.15, 0.2) is 12.4 Å². The highest BCUT2D eigenvalue weighted by Gasteiger charge is 2.34. The first kappa shape index (κ1) is 19.4. The summed E-state index contributed by atoms with van der Waals surface area (Å²) in [4.78, 5) is 11.4. The molecule has 2 aromatic rings. The molecule has 1 aromatic heterocycles. The van der Waals surface area contributed by atoms with Crippen LogP contribution in [-0.4, -0.2) is 36.9 Å². The van der Waals surface area contributed by atoms with Gasteiger partial charge in [-0.15, -0.1) is 0 Å². The molecular weight excluding hydrogens is 382 g/mol. The highest BCUT2D eigenvalue weighted by atomic mass is 32.2. The van der Waals surface area contributed by atoms with Gasteiger partial charge in [0.1, 0.15) is 16.5 Å². The van der Waals surface area contributed by atoms with Crippen LogP contribution >= 0.6 is 0 Å². The molecule has 0 unspecified atom stereocenters. The molecule has 27 heavy (non-hydrogen) atoms. The molecule has 1 aromatic carbocycles. The predicted octanol–water partition coefficient (Wildman–Crippen LogP) is 2.41. The number of rotatable bonds is 5. The summed E-state index contributed by atoms with van der Waals surface area (Å²) in [5.41, 5.74) is 0.671. The molecule has 0 aliphatic carbocycles. The van der Waals surface area contributed by atoms with E-state index in [1.165, 1.54) is 0 Å². The number of hydrogen-bond acceptors (Lipinski definition) is 6. The van der Waals surface area contributed by atoms with Crippen LogP contribution < -0.4 is 0 Å². The van der Waals surface area contributed by atoms with Crippen molar-refractivity contribution in [3.8, 4) is 0 Å². The molecule has 0 amide bonds. The van der Waals surface area contributed by atoms with Crippen LogP contribution in [0.4, 0.5) is 8.78 Å². The molecule has 0 saturated carbocycles. The minimum absolute atomic E-state index is 0.0134. The first-order valence-electron chi connectivity index (χ1n) is 8.31. The fraction of sp³-hybridized carbons (Fsp3) is 0.412. The smallest absolute Gasteiger partial charge is 0.309 e. The molecule has 1 fully saturated rings. The Morgan fingerprint density at radius 1 is 1.30 bits per heavy atom. The highest BCUT2D eigenvalue weighted by molar-refractivity contribution is 7.89. The molecule has 0 radical (unpaired) electrons. The molecule has 2 heterocycles. The number of sulfonamides is 1. The van der Waals surface area contributed by atoms with Crippen LogP contribution in [0.1, 0.15) is 24.3 Å². The Kier molecular flexibility index (Phi) is 5.56. The number of aryl methyl sites for hydroxylation is 1. The fourth-order valence-electron chi connectivity index (χ4n) is 2.89. The number of nitrogens with zero attached hydrogens (tertiary/aromatic N) is 2. The summed E-state index contributed by atoms with van der Waals surface area (Å²) in [7, 11) is -4.17. The highest BCUT2D eigenvalue weighted by Crippen LogP contribution is 2.26. The SMILES string of the molecule is Cc1cc(COC(=O)C2CCN(S(=O)(=O)c3cc(F)ccc3F)CC2)on1. The predicted molar refractivity (Wildman–Crippen MR) is 88.9 cm³/mol. The number of halogens is 2. The number of esters is 1. The zero-order chi connectivity index (χ0) is 19.6. The van der Waals surface area contributed by atoms with Crippen molar-refractivity contribution >= 4 is 16.0 Å². The molecular formula is C17H18F2N2O5S. The van der Waals surface area contributed by atoms with E-state index in [4.69, 9.17) is 9.26 Å². The molecule has 1 aliphatic heterocycles. The van der Waals surface area contributed by atoms with Gasteiger partial charge in [-0.1, -0.05) is 5.16 Å². The molecule has 0 spiro atoms. The quantitative estimate of drug-likeness (QED) is 0.716. The van der Waals surface area contributed by atoms with Gasteiger partial charge in [0.05, 0.1) is 11.6 Å². The van der Waals surface area contributed by atoms with E-state index in [1.54, 1.807) is 13.0 Å². The second kappa shape index (κ2) is 7.73. The van der Waals surface area contributed by atoms with Gasteiger partial charge in [0.2, 0.25) is 10.0 Å². The van der Waals surface area contributed by atoms with Crippen molar-refractivity contribution in [2.24, 2.45) is 5.92 Å². The van der Waals surface area contributed by atoms with E-state index in [9.17, 15) is 22.0 Å². The van der Waals surface area contributed by atoms with Crippen LogP contribution in [0, 0.1) is 24.5 Å². The zero-order valence-electron chi connectivity index (χ0n) is 14.5. The van der Waals surface area contributed by atoms with E-state index >= 15 is 0 Å². The summed E-state index contributed by atoms with van der Waals surface area (Å²) in [6.07, 6.45) is 0.453. The van der Waals surface area contributed by atoms with Gasteiger partial charge in [0.25, 0.3) is 0 Å². The monoisotopic (exact) mass is 400 g/mol. The Morgan fingerprint density at radius 2 is 2.00 bits per heavy atom. The fourth-order valence-corrected chi connectivity index (χ4v) is 4.44.